The van der Waals surface area contributed by atoms with E-state index in [9.17, 15) is 4.79 Å². The molecule has 0 spiro atoms. The van der Waals surface area contributed by atoms with Crippen LogP contribution in [0.4, 0.5) is 16.2 Å². The molecule has 2 N–H and O–H groups in total. The minimum atomic E-state index is -0.272. The van der Waals surface area contributed by atoms with E-state index < -0.39 is 0 Å². The standard InChI is InChI=1S/C18H24BrN5O2/c1-13-9-15(19)10-14(2)17(13)22-18(25)21-16-11-20-24(12-16)4-3-23-5-7-26-8-6-23/h9-12H,3-8H2,1-2H3,(H2,21,22,25). The molecule has 0 aliphatic carbocycles. The van der Waals surface area contributed by atoms with E-state index in [0.717, 1.165) is 60.7 Å². The van der Waals surface area contributed by atoms with Gasteiger partial charge in [-0.3, -0.25) is 9.58 Å². The summed E-state index contributed by atoms with van der Waals surface area (Å²) in [5.74, 6) is 0. The maximum Gasteiger partial charge on any atom is 0.323 e. The van der Waals surface area contributed by atoms with Crippen LogP contribution in [0.1, 0.15) is 11.1 Å². The summed E-state index contributed by atoms with van der Waals surface area (Å²) in [5, 5.41) is 10.1. The molecule has 0 unspecified atom stereocenters. The first-order chi connectivity index (χ1) is 12.5. The van der Waals surface area contributed by atoms with Crippen LogP contribution in [0.25, 0.3) is 0 Å². The minimum absolute atomic E-state index is 0.272. The van der Waals surface area contributed by atoms with Crippen LogP contribution in [0, 0.1) is 13.8 Å². The summed E-state index contributed by atoms with van der Waals surface area (Å²) >= 11 is 3.46. The van der Waals surface area contributed by atoms with Crippen molar-refractivity contribution in [3.8, 4) is 0 Å². The summed E-state index contributed by atoms with van der Waals surface area (Å²) in [6, 6.07) is 3.68. The Labute approximate surface area is 161 Å². The number of halogens is 1. The van der Waals surface area contributed by atoms with Gasteiger partial charge in [-0.05, 0) is 37.1 Å². The smallest absolute Gasteiger partial charge is 0.323 e. The fraction of sp³-hybridized carbons (Fsp3) is 0.444. The van der Waals surface area contributed by atoms with Gasteiger partial charge in [-0.2, -0.15) is 5.10 Å². The van der Waals surface area contributed by atoms with Crippen molar-refractivity contribution in [3.63, 3.8) is 0 Å². The molecule has 1 aromatic carbocycles. The normalized spacial score (nSPS) is 15.0. The van der Waals surface area contributed by atoms with Crippen molar-refractivity contribution >= 4 is 33.3 Å². The molecule has 1 aromatic heterocycles. The van der Waals surface area contributed by atoms with Gasteiger partial charge in [0.1, 0.15) is 0 Å². The Morgan fingerprint density at radius 2 is 1.88 bits per heavy atom. The molecule has 2 amide bonds. The number of carbonyl (C=O) groups excluding carboxylic acids is 1. The summed E-state index contributed by atoms with van der Waals surface area (Å²) in [7, 11) is 0. The maximum absolute atomic E-state index is 12.3. The molecule has 2 heterocycles. The SMILES string of the molecule is Cc1cc(Br)cc(C)c1NC(=O)Nc1cnn(CCN2CCOCC2)c1. The van der Waals surface area contributed by atoms with Crippen molar-refractivity contribution in [2.45, 2.75) is 20.4 Å². The van der Waals surface area contributed by atoms with Gasteiger partial charge in [0.2, 0.25) is 0 Å². The molecular formula is C18H24BrN5O2. The van der Waals surface area contributed by atoms with Crippen molar-refractivity contribution in [2.24, 2.45) is 0 Å². The molecule has 1 saturated heterocycles. The van der Waals surface area contributed by atoms with E-state index >= 15 is 0 Å². The zero-order chi connectivity index (χ0) is 18.5. The molecular weight excluding hydrogens is 398 g/mol. The first kappa shape index (κ1) is 18.9. The van der Waals surface area contributed by atoms with E-state index in [1.54, 1.807) is 6.20 Å². The quantitative estimate of drug-likeness (QED) is 0.776. The van der Waals surface area contributed by atoms with Crippen molar-refractivity contribution in [1.29, 1.82) is 0 Å². The Morgan fingerprint density at radius 1 is 1.19 bits per heavy atom. The van der Waals surface area contributed by atoms with E-state index in [-0.39, 0.29) is 6.03 Å². The molecule has 3 rings (SSSR count). The molecule has 0 radical (unpaired) electrons. The summed E-state index contributed by atoms with van der Waals surface area (Å²) in [6.45, 7) is 9.15. The van der Waals surface area contributed by atoms with E-state index in [2.05, 4.69) is 36.6 Å². The van der Waals surface area contributed by atoms with Gasteiger partial charge in [0.05, 0.1) is 31.6 Å². The molecule has 0 saturated carbocycles. The summed E-state index contributed by atoms with van der Waals surface area (Å²) in [4.78, 5) is 14.6. The third kappa shape index (κ3) is 5.06. The molecule has 8 heteroatoms. The number of benzene rings is 1. The first-order valence-corrected chi connectivity index (χ1v) is 9.48. The molecule has 1 fully saturated rings. The zero-order valence-corrected chi connectivity index (χ0v) is 16.7. The molecule has 7 nitrogen and oxygen atoms in total. The number of hydrogen-bond acceptors (Lipinski definition) is 4. The van der Waals surface area contributed by atoms with E-state index in [1.807, 2.05) is 36.9 Å². The largest absolute Gasteiger partial charge is 0.379 e. The average Bonchev–Trinajstić information content (AvgIpc) is 3.04. The first-order valence-electron chi connectivity index (χ1n) is 8.68. The summed E-state index contributed by atoms with van der Waals surface area (Å²) in [6.07, 6.45) is 3.52. The number of rotatable bonds is 5. The van der Waals surface area contributed by atoms with Crippen LogP contribution in [0.15, 0.2) is 29.0 Å². The third-order valence-electron chi connectivity index (χ3n) is 4.38. The van der Waals surface area contributed by atoms with Crippen molar-refractivity contribution in [2.75, 3.05) is 43.5 Å². The fourth-order valence-corrected chi connectivity index (χ4v) is 3.69. The highest BCUT2D eigenvalue weighted by atomic mass is 79.9. The number of amides is 2. The monoisotopic (exact) mass is 421 g/mol. The Balaban J connectivity index is 1.53. The van der Waals surface area contributed by atoms with E-state index in [1.165, 1.54) is 0 Å². The van der Waals surface area contributed by atoms with Crippen molar-refractivity contribution < 1.29 is 9.53 Å². The van der Waals surface area contributed by atoms with Gasteiger partial charge in [0.15, 0.2) is 0 Å². The molecule has 1 aliphatic rings. The second kappa shape index (κ2) is 8.66. The van der Waals surface area contributed by atoms with Crippen LogP contribution < -0.4 is 10.6 Å². The van der Waals surface area contributed by atoms with Gasteiger partial charge in [-0.25, -0.2) is 4.79 Å². The Bertz CT molecular complexity index is 748. The number of hydrogen-bond donors (Lipinski definition) is 2. The fourth-order valence-electron chi connectivity index (χ4n) is 3.00. The minimum Gasteiger partial charge on any atom is -0.379 e. The Kier molecular flexibility index (Phi) is 6.29. The lowest BCUT2D eigenvalue weighted by Crippen LogP contribution is -2.38. The van der Waals surface area contributed by atoms with Gasteiger partial charge in [-0.1, -0.05) is 15.9 Å². The highest BCUT2D eigenvalue weighted by molar-refractivity contribution is 9.10. The van der Waals surface area contributed by atoms with Crippen LogP contribution in [-0.2, 0) is 11.3 Å². The van der Waals surface area contributed by atoms with Gasteiger partial charge in [-0.15, -0.1) is 0 Å². The topological polar surface area (TPSA) is 71.4 Å². The number of urea groups is 1. The number of morpholine rings is 1. The lowest BCUT2D eigenvalue weighted by atomic mass is 10.1. The molecule has 2 aromatic rings. The highest BCUT2D eigenvalue weighted by Crippen LogP contribution is 2.25. The summed E-state index contributed by atoms with van der Waals surface area (Å²) < 4.78 is 8.20. The second-order valence-corrected chi connectivity index (χ2v) is 7.36. The number of carbonyl (C=O) groups is 1. The number of nitrogens with zero attached hydrogens (tertiary/aromatic N) is 3. The lowest BCUT2D eigenvalue weighted by Gasteiger charge is -2.26. The number of aromatic nitrogens is 2. The highest BCUT2D eigenvalue weighted by Gasteiger charge is 2.12. The van der Waals surface area contributed by atoms with Crippen LogP contribution in [0.2, 0.25) is 0 Å². The predicted molar refractivity (Wildman–Crippen MR) is 106 cm³/mol. The van der Waals surface area contributed by atoms with Crippen LogP contribution in [0.5, 0.6) is 0 Å². The predicted octanol–water partition coefficient (Wildman–Crippen LogP) is 3.24. The van der Waals surface area contributed by atoms with Crippen molar-refractivity contribution in [1.82, 2.24) is 14.7 Å². The molecule has 1 aliphatic heterocycles. The molecule has 0 bridgehead atoms. The second-order valence-electron chi connectivity index (χ2n) is 6.44. The lowest BCUT2D eigenvalue weighted by molar-refractivity contribution is 0.0360. The Hall–Kier alpha value is -1.90. The number of ether oxygens (including phenoxy) is 1. The number of nitrogens with one attached hydrogen (secondary N) is 2. The summed E-state index contributed by atoms with van der Waals surface area (Å²) in [5.41, 5.74) is 3.52. The molecule has 0 atom stereocenters. The molecule has 140 valence electrons. The van der Waals surface area contributed by atoms with Crippen LogP contribution in [-0.4, -0.2) is 53.6 Å². The average molecular weight is 422 g/mol. The van der Waals surface area contributed by atoms with E-state index in [0.29, 0.717) is 5.69 Å². The number of aryl methyl sites for hydroxylation is 2. The van der Waals surface area contributed by atoms with E-state index in [4.69, 9.17) is 4.74 Å². The van der Waals surface area contributed by atoms with Gasteiger partial charge in [0.25, 0.3) is 0 Å². The zero-order valence-electron chi connectivity index (χ0n) is 15.1. The maximum atomic E-state index is 12.3. The van der Waals surface area contributed by atoms with Crippen LogP contribution in [0.3, 0.4) is 0 Å². The van der Waals surface area contributed by atoms with Gasteiger partial charge < -0.3 is 15.4 Å². The number of anilines is 2. The van der Waals surface area contributed by atoms with Crippen molar-refractivity contribution in [3.05, 3.63) is 40.1 Å². The Morgan fingerprint density at radius 3 is 2.58 bits per heavy atom. The van der Waals surface area contributed by atoms with Gasteiger partial charge >= 0.3 is 6.03 Å². The third-order valence-corrected chi connectivity index (χ3v) is 4.83. The van der Waals surface area contributed by atoms with Crippen LogP contribution >= 0.6 is 15.9 Å². The molecule has 26 heavy (non-hydrogen) atoms. The van der Waals surface area contributed by atoms with Gasteiger partial charge in [0, 0.05) is 36.0 Å².